The number of allylic oxidation sites excluding steroid dienone is 1. The van der Waals surface area contributed by atoms with E-state index in [0.717, 1.165) is 61.3 Å². The zero-order valence-corrected chi connectivity index (χ0v) is 22.1. The number of aliphatic hydroxyl groups excluding tert-OH is 1. The summed E-state index contributed by atoms with van der Waals surface area (Å²) in [6, 6.07) is 10.2. The number of hydrogen-bond acceptors (Lipinski definition) is 2. The highest BCUT2D eigenvalue weighted by atomic mass is 16.3. The van der Waals surface area contributed by atoms with Crippen LogP contribution < -0.4 is 0 Å². The Morgan fingerprint density at radius 1 is 0.971 bits per heavy atom. The summed E-state index contributed by atoms with van der Waals surface area (Å²) in [5, 5.41) is 21.8. The summed E-state index contributed by atoms with van der Waals surface area (Å²) in [7, 11) is 0. The highest BCUT2D eigenvalue weighted by molar-refractivity contribution is 5.27. The van der Waals surface area contributed by atoms with Gasteiger partial charge >= 0.3 is 0 Å². The maximum atomic E-state index is 11.0. The first-order chi connectivity index (χ1) is 16.2. The van der Waals surface area contributed by atoms with Crippen molar-refractivity contribution >= 4 is 0 Å². The molecule has 34 heavy (non-hydrogen) atoms. The summed E-state index contributed by atoms with van der Waals surface area (Å²) < 4.78 is 0. The highest BCUT2D eigenvalue weighted by Crippen LogP contribution is 2.67. The molecule has 0 aromatic heterocycles. The summed E-state index contributed by atoms with van der Waals surface area (Å²) in [6.45, 7) is 9.80. The number of benzene rings is 1. The Labute approximate surface area is 208 Å². The van der Waals surface area contributed by atoms with Gasteiger partial charge in [0.25, 0.3) is 0 Å². The average molecular weight is 465 g/mol. The molecule has 4 aliphatic carbocycles. The van der Waals surface area contributed by atoms with Crippen molar-refractivity contribution in [2.75, 3.05) is 0 Å². The number of fused-ring (bicyclic) bond motifs is 5. The van der Waals surface area contributed by atoms with E-state index < -0.39 is 5.60 Å². The summed E-state index contributed by atoms with van der Waals surface area (Å²) in [5.41, 5.74) is 2.96. The van der Waals surface area contributed by atoms with Crippen molar-refractivity contribution in [3.63, 3.8) is 0 Å². The van der Waals surface area contributed by atoms with E-state index in [2.05, 4.69) is 45.9 Å². The van der Waals surface area contributed by atoms with Crippen molar-refractivity contribution < 1.29 is 10.2 Å². The second-order valence-electron chi connectivity index (χ2n) is 13.2. The van der Waals surface area contributed by atoms with Crippen LogP contribution in [-0.2, 0) is 0 Å². The molecule has 0 bridgehead atoms. The quantitative estimate of drug-likeness (QED) is 0.421. The number of rotatable bonds is 6. The maximum absolute atomic E-state index is 11.0. The molecule has 1 aromatic carbocycles. The highest BCUT2D eigenvalue weighted by Gasteiger charge is 2.59. The van der Waals surface area contributed by atoms with Crippen LogP contribution in [0.15, 0.2) is 42.0 Å². The molecule has 0 spiro atoms. The lowest BCUT2D eigenvalue weighted by Crippen LogP contribution is -2.52. The first-order valence-electron chi connectivity index (χ1n) is 14.3. The Kier molecular flexibility index (Phi) is 6.56. The molecule has 2 unspecified atom stereocenters. The van der Waals surface area contributed by atoms with Crippen LogP contribution in [0.1, 0.15) is 110 Å². The van der Waals surface area contributed by atoms with Gasteiger partial charge in [-0.15, -0.1) is 0 Å². The third kappa shape index (κ3) is 4.01. The smallest absolute Gasteiger partial charge is 0.0790 e. The summed E-state index contributed by atoms with van der Waals surface area (Å²) in [6.07, 6.45) is 14.9. The predicted molar refractivity (Wildman–Crippen MR) is 140 cm³/mol. The van der Waals surface area contributed by atoms with Gasteiger partial charge in [-0.05, 0) is 117 Å². The molecule has 0 heterocycles. The molecule has 2 N–H and O–H groups in total. The Balaban J connectivity index is 1.28. The largest absolute Gasteiger partial charge is 0.390 e. The fourth-order valence-corrected chi connectivity index (χ4v) is 9.45. The molecular weight excluding hydrogens is 416 g/mol. The van der Waals surface area contributed by atoms with Crippen LogP contribution in [0.25, 0.3) is 0 Å². The Hall–Kier alpha value is -1.12. The van der Waals surface area contributed by atoms with Gasteiger partial charge in [-0.2, -0.15) is 0 Å². The van der Waals surface area contributed by atoms with Gasteiger partial charge in [0.1, 0.15) is 0 Å². The van der Waals surface area contributed by atoms with E-state index in [1.54, 1.807) is 5.57 Å². The van der Waals surface area contributed by atoms with Gasteiger partial charge in [-0.25, -0.2) is 0 Å². The standard InChI is InChI=1S/C32H48O2/c1-5-32(34)20-19-30(3)24(21-32)12-13-25-27-15-14-26(31(27,4)18-17-28(25)30)22(2)11-16-29(33)23-9-7-6-8-10-23/h6-10,12,22,25-29,33-34H,5,11,13-21H2,1-4H3/t22-,25+,26-,27+,28?,29?,30+,31-,32+/m1/s1. The van der Waals surface area contributed by atoms with E-state index in [0.29, 0.717) is 16.7 Å². The molecule has 2 nitrogen and oxygen atoms in total. The van der Waals surface area contributed by atoms with Crippen molar-refractivity contribution in [2.45, 2.75) is 110 Å². The topological polar surface area (TPSA) is 40.5 Å². The van der Waals surface area contributed by atoms with E-state index in [1.807, 2.05) is 18.2 Å². The minimum Gasteiger partial charge on any atom is -0.390 e. The van der Waals surface area contributed by atoms with Gasteiger partial charge in [-0.1, -0.05) is 69.7 Å². The van der Waals surface area contributed by atoms with Crippen molar-refractivity contribution in [3.8, 4) is 0 Å². The minimum atomic E-state index is -0.459. The Morgan fingerprint density at radius 2 is 1.74 bits per heavy atom. The van der Waals surface area contributed by atoms with Crippen molar-refractivity contribution in [3.05, 3.63) is 47.5 Å². The second-order valence-corrected chi connectivity index (χ2v) is 13.2. The third-order valence-electron chi connectivity index (χ3n) is 11.8. The van der Waals surface area contributed by atoms with E-state index in [1.165, 1.54) is 38.5 Å². The van der Waals surface area contributed by atoms with E-state index >= 15 is 0 Å². The van der Waals surface area contributed by atoms with Crippen LogP contribution in [0.3, 0.4) is 0 Å². The average Bonchev–Trinajstić information content (AvgIpc) is 3.20. The Bertz CT molecular complexity index is 892. The minimum absolute atomic E-state index is 0.315. The fourth-order valence-electron chi connectivity index (χ4n) is 9.45. The molecule has 0 amide bonds. The summed E-state index contributed by atoms with van der Waals surface area (Å²) in [4.78, 5) is 0. The van der Waals surface area contributed by atoms with Gasteiger partial charge in [0.15, 0.2) is 0 Å². The second kappa shape index (κ2) is 9.07. The molecule has 1 aromatic rings. The predicted octanol–water partition coefficient (Wildman–Crippen LogP) is 7.86. The van der Waals surface area contributed by atoms with Crippen LogP contribution in [0.4, 0.5) is 0 Å². The summed E-state index contributed by atoms with van der Waals surface area (Å²) in [5.74, 6) is 3.94. The first kappa shape index (κ1) is 24.6. The van der Waals surface area contributed by atoms with Crippen LogP contribution in [0.5, 0.6) is 0 Å². The normalized spacial score (nSPS) is 43.3. The fraction of sp³-hybridized carbons (Fsp3) is 0.750. The van der Waals surface area contributed by atoms with E-state index in [4.69, 9.17) is 0 Å². The van der Waals surface area contributed by atoms with Gasteiger partial charge in [0, 0.05) is 0 Å². The van der Waals surface area contributed by atoms with Crippen molar-refractivity contribution in [1.82, 2.24) is 0 Å². The van der Waals surface area contributed by atoms with Gasteiger partial charge in [0.05, 0.1) is 11.7 Å². The third-order valence-corrected chi connectivity index (χ3v) is 11.8. The number of hydrogen-bond donors (Lipinski definition) is 2. The molecular formula is C32H48O2. The molecule has 5 rings (SSSR count). The van der Waals surface area contributed by atoms with Crippen LogP contribution in [0, 0.1) is 40.4 Å². The molecule has 9 atom stereocenters. The zero-order valence-electron chi connectivity index (χ0n) is 22.1. The molecule has 3 fully saturated rings. The molecule has 4 aliphatic rings. The molecule has 0 saturated heterocycles. The maximum Gasteiger partial charge on any atom is 0.0790 e. The lowest BCUT2D eigenvalue weighted by Gasteiger charge is -2.59. The summed E-state index contributed by atoms with van der Waals surface area (Å²) >= 11 is 0. The Morgan fingerprint density at radius 3 is 2.47 bits per heavy atom. The number of aliphatic hydroxyl groups is 2. The van der Waals surface area contributed by atoms with Gasteiger partial charge in [-0.3, -0.25) is 0 Å². The molecule has 2 heteroatoms. The van der Waals surface area contributed by atoms with Gasteiger partial charge in [0.2, 0.25) is 0 Å². The zero-order chi connectivity index (χ0) is 24.1. The molecule has 0 aliphatic heterocycles. The lowest BCUT2D eigenvalue weighted by molar-refractivity contribution is -0.0757. The SMILES string of the molecule is CC[C@]1(O)CC[C@@]2(C)C(=CC[C@@H]3C2CC[C@]2(C)[C@@H]([C@H](C)CCC(O)c4ccccc4)CC[C@@H]32)C1. The monoisotopic (exact) mass is 464 g/mol. The van der Waals surface area contributed by atoms with Gasteiger partial charge < -0.3 is 10.2 Å². The van der Waals surface area contributed by atoms with Crippen LogP contribution in [-0.4, -0.2) is 15.8 Å². The molecule has 0 radical (unpaired) electrons. The van der Waals surface area contributed by atoms with Crippen molar-refractivity contribution in [1.29, 1.82) is 0 Å². The lowest BCUT2D eigenvalue weighted by atomic mass is 9.46. The van der Waals surface area contributed by atoms with Crippen LogP contribution >= 0.6 is 0 Å². The first-order valence-corrected chi connectivity index (χ1v) is 14.3. The molecule has 3 saturated carbocycles. The van der Waals surface area contributed by atoms with E-state index in [-0.39, 0.29) is 6.10 Å². The van der Waals surface area contributed by atoms with Crippen molar-refractivity contribution in [2.24, 2.45) is 40.4 Å². The van der Waals surface area contributed by atoms with E-state index in [9.17, 15) is 10.2 Å². The molecule has 188 valence electrons. The van der Waals surface area contributed by atoms with Crippen LogP contribution in [0.2, 0.25) is 0 Å².